The number of nitrogens with zero attached hydrogens (tertiary/aromatic N) is 1. The number of methoxy groups -OCH3 is 1. The van der Waals surface area contributed by atoms with E-state index in [1.807, 2.05) is 0 Å². The second-order valence-corrected chi connectivity index (χ2v) is 5.63. The van der Waals surface area contributed by atoms with Gasteiger partial charge in [0.05, 0.1) is 17.3 Å². The van der Waals surface area contributed by atoms with Crippen molar-refractivity contribution in [2.45, 2.75) is 51.2 Å². The zero-order valence-electron chi connectivity index (χ0n) is 10.8. The topological polar surface area (TPSA) is 48.4 Å². The molecule has 0 amide bonds. The highest BCUT2D eigenvalue weighted by atomic mass is 32.1. The summed E-state index contributed by atoms with van der Waals surface area (Å²) in [6.07, 6.45) is 6.45. The van der Waals surface area contributed by atoms with E-state index < -0.39 is 0 Å². The number of esters is 1. The predicted octanol–water partition coefficient (Wildman–Crippen LogP) is 2.82. The van der Waals surface area contributed by atoms with Crippen LogP contribution in [-0.4, -0.2) is 30.3 Å². The number of aryl methyl sites for hydroxylation is 1. The summed E-state index contributed by atoms with van der Waals surface area (Å²) in [5, 5.41) is 0.999. The number of carbonyl (C=O) groups excluding carboxylic acids is 1. The average molecular weight is 269 g/mol. The molecule has 1 saturated carbocycles. The van der Waals surface area contributed by atoms with Gasteiger partial charge in [-0.05, 0) is 32.1 Å². The number of carbonyl (C=O) groups is 1. The second kappa shape index (κ2) is 6.29. The van der Waals surface area contributed by atoms with Gasteiger partial charge in [0.15, 0.2) is 0 Å². The Kier molecular flexibility index (Phi) is 4.72. The molecule has 0 N–H and O–H groups in total. The van der Waals surface area contributed by atoms with Crippen LogP contribution in [-0.2, 0) is 15.9 Å². The van der Waals surface area contributed by atoms with E-state index in [0.717, 1.165) is 37.1 Å². The summed E-state index contributed by atoms with van der Waals surface area (Å²) in [5.74, 6) is -0.260. The molecule has 1 aromatic heterocycles. The summed E-state index contributed by atoms with van der Waals surface area (Å²) in [4.78, 5) is 16.8. The van der Waals surface area contributed by atoms with Crippen LogP contribution in [0, 0.1) is 0 Å². The molecule has 1 aliphatic rings. The normalized spacial score (nSPS) is 23.2. The van der Waals surface area contributed by atoms with Gasteiger partial charge >= 0.3 is 5.97 Å². The summed E-state index contributed by atoms with van der Waals surface area (Å²) < 4.78 is 10.8. The minimum atomic E-state index is -0.260. The lowest BCUT2D eigenvalue weighted by Crippen LogP contribution is -2.27. The molecule has 0 bridgehead atoms. The van der Waals surface area contributed by atoms with Crippen molar-refractivity contribution in [2.24, 2.45) is 0 Å². The average Bonchev–Trinajstić information content (AvgIpc) is 2.98. The molecular weight excluding hydrogens is 250 g/mol. The number of rotatable bonds is 5. The molecule has 0 spiro atoms. The zero-order chi connectivity index (χ0) is 13.0. The van der Waals surface area contributed by atoms with Crippen molar-refractivity contribution >= 4 is 17.3 Å². The van der Waals surface area contributed by atoms with Crippen LogP contribution >= 0.6 is 11.3 Å². The Labute approximate surface area is 111 Å². The van der Waals surface area contributed by atoms with Crippen LogP contribution in [0.2, 0.25) is 0 Å². The number of thiazole rings is 1. The number of hydrogen-bond donors (Lipinski definition) is 0. The van der Waals surface area contributed by atoms with Crippen LogP contribution in [0.1, 0.15) is 47.3 Å². The Balaban J connectivity index is 1.94. The smallest absolute Gasteiger partial charge is 0.350 e. The molecule has 18 heavy (non-hydrogen) atoms. The van der Waals surface area contributed by atoms with Gasteiger partial charge in [0.25, 0.3) is 0 Å². The van der Waals surface area contributed by atoms with E-state index >= 15 is 0 Å². The van der Waals surface area contributed by atoms with Gasteiger partial charge in [-0.25, -0.2) is 9.78 Å². The Bertz CT molecular complexity index is 405. The minimum Gasteiger partial charge on any atom is -0.455 e. The number of hydrogen-bond acceptors (Lipinski definition) is 5. The quantitative estimate of drug-likeness (QED) is 0.771. The molecular formula is C13H19NO3S. The molecule has 0 unspecified atom stereocenters. The van der Waals surface area contributed by atoms with Gasteiger partial charge in [-0.1, -0.05) is 6.92 Å². The third-order valence-electron chi connectivity index (χ3n) is 3.17. The molecule has 1 heterocycles. The molecule has 4 nitrogen and oxygen atoms in total. The fourth-order valence-corrected chi connectivity index (χ4v) is 3.13. The van der Waals surface area contributed by atoms with Crippen molar-refractivity contribution in [3.8, 4) is 0 Å². The van der Waals surface area contributed by atoms with Crippen LogP contribution in [0.25, 0.3) is 0 Å². The van der Waals surface area contributed by atoms with Crippen molar-refractivity contribution in [1.82, 2.24) is 4.98 Å². The molecule has 100 valence electrons. The van der Waals surface area contributed by atoms with Gasteiger partial charge in [-0.15, -0.1) is 11.3 Å². The molecule has 0 aromatic carbocycles. The van der Waals surface area contributed by atoms with Crippen LogP contribution < -0.4 is 0 Å². The van der Waals surface area contributed by atoms with Gasteiger partial charge in [-0.2, -0.15) is 0 Å². The maximum absolute atomic E-state index is 12.0. The van der Waals surface area contributed by atoms with Crippen molar-refractivity contribution in [3.63, 3.8) is 0 Å². The van der Waals surface area contributed by atoms with Gasteiger partial charge in [0, 0.05) is 7.11 Å². The third kappa shape index (κ3) is 3.09. The van der Waals surface area contributed by atoms with E-state index in [-0.39, 0.29) is 18.2 Å². The molecule has 1 fully saturated rings. The van der Waals surface area contributed by atoms with Crippen molar-refractivity contribution < 1.29 is 14.3 Å². The first-order chi connectivity index (χ1) is 8.74. The van der Waals surface area contributed by atoms with Crippen molar-refractivity contribution in [1.29, 1.82) is 0 Å². The van der Waals surface area contributed by atoms with E-state index in [1.54, 1.807) is 13.3 Å². The van der Waals surface area contributed by atoms with Crippen molar-refractivity contribution in [3.05, 3.63) is 16.1 Å². The largest absolute Gasteiger partial charge is 0.455 e. The summed E-state index contributed by atoms with van der Waals surface area (Å²) >= 11 is 1.43. The minimum absolute atomic E-state index is 0.0528. The van der Waals surface area contributed by atoms with Gasteiger partial charge < -0.3 is 9.47 Å². The molecule has 1 aromatic rings. The first-order valence-electron chi connectivity index (χ1n) is 6.43. The lowest BCUT2D eigenvalue weighted by molar-refractivity contribution is -0.0203. The molecule has 0 radical (unpaired) electrons. The summed E-state index contributed by atoms with van der Waals surface area (Å²) in [5.41, 5.74) is 0. The highest BCUT2D eigenvalue weighted by molar-refractivity contribution is 7.13. The highest BCUT2D eigenvalue weighted by Crippen LogP contribution is 2.26. The van der Waals surface area contributed by atoms with Crippen LogP contribution in [0.4, 0.5) is 0 Å². The monoisotopic (exact) mass is 269 g/mol. The van der Waals surface area contributed by atoms with E-state index in [9.17, 15) is 4.79 Å². The van der Waals surface area contributed by atoms with E-state index in [1.165, 1.54) is 11.3 Å². The Morgan fingerprint density at radius 3 is 3.00 bits per heavy atom. The first-order valence-corrected chi connectivity index (χ1v) is 7.24. The lowest BCUT2D eigenvalue weighted by atomic mass is 10.2. The van der Waals surface area contributed by atoms with E-state index in [0.29, 0.717) is 4.88 Å². The third-order valence-corrected chi connectivity index (χ3v) is 4.21. The van der Waals surface area contributed by atoms with E-state index in [4.69, 9.17) is 9.47 Å². The number of ether oxygens (including phenoxy) is 2. The Morgan fingerprint density at radius 2 is 2.28 bits per heavy atom. The standard InChI is InChI=1S/C13H19NO3S/c1-3-5-12-14-8-11(18-12)13(15)17-10-7-4-6-9(10)16-2/h8-10H,3-7H2,1-2H3/t9-,10-/m1/s1. The molecule has 2 atom stereocenters. The summed E-state index contributed by atoms with van der Waals surface area (Å²) in [7, 11) is 1.67. The lowest BCUT2D eigenvalue weighted by Gasteiger charge is -2.17. The van der Waals surface area contributed by atoms with Crippen LogP contribution in [0.15, 0.2) is 6.20 Å². The molecule has 0 saturated heterocycles. The van der Waals surface area contributed by atoms with Crippen molar-refractivity contribution in [2.75, 3.05) is 7.11 Å². The zero-order valence-corrected chi connectivity index (χ0v) is 11.7. The van der Waals surface area contributed by atoms with Crippen LogP contribution in [0.3, 0.4) is 0 Å². The Morgan fingerprint density at radius 1 is 1.50 bits per heavy atom. The second-order valence-electron chi connectivity index (χ2n) is 4.52. The maximum Gasteiger partial charge on any atom is 0.350 e. The Hall–Kier alpha value is -0.940. The fourth-order valence-electron chi connectivity index (χ4n) is 2.23. The highest BCUT2D eigenvalue weighted by Gasteiger charge is 2.31. The predicted molar refractivity (Wildman–Crippen MR) is 70.0 cm³/mol. The van der Waals surface area contributed by atoms with Gasteiger partial charge in [-0.3, -0.25) is 0 Å². The fraction of sp³-hybridized carbons (Fsp3) is 0.692. The summed E-state index contributed by atoms with van der Waals surface area (Å²) in [6.45, 7) is 2.10. The molecule has 1 aliphatic carbocycles. The number of aromatic nitrogens is 1. The van der Waals surface area contributed by atoms with Gasteiger partial charge in [0.2, 0.25) is 0 Å². The first kappa shape index (κ1) is 13.5. The van der Waals surface area contributed by atoms with Gasteiger partial charge in [0.1, 0.15) is 11.0 Å². The molecule has 0 aliphatic heterocycles. The van der Waals surface area contributed by atoms with Crippen LogP contribution in [0.5, 0.6) is 0 Å². The SMILES string of the molecule is CCCc1ncc(C(=O)O[C@@H]2CCC[C@H]2OC)s1. The summed E-state index contributed by atoms with van der Waals surface area (Å²) in [6, 6.07) is 0. The maximum atomic E-state index is 12.0. The molecule has 2 rings (SSSR count). The molecule has 5 heteroatoms. The van der Waals surface area contributed by atoms with E-state index in [2.05, 4.69) is 11.9 Å².